The first-order valence-electron chi connectivity index (χ1n) is 6.73. The molecule has 1 fully saturated rings. The van der Waals surface area contributed by atoms with Crippen molar-refractivity contribution in [1.82, 2.24) is 4.98 Å². The summed E-state index contributed by atoms with van der Waals surface area (Å²) < 4.78 is 10.5. The number of hydrogen-bond acceptors (Lipinski definition) is 5. The molecule has 2 heterocycles. The fourth-order valence-electron chi connectivity index (χ4n) is 2.34. The molecule has 1 aromatic rings. The van der Waals surface area contributed by atoms with Gasteiger partial charge in [0.1, 0.15) is 12.4 Å². The Morgan fingerprint density at radius 2 is 2.15 bits per heavy atom. The van der Waals surface area contributed by atoms with Gasteiger partial charge in [0.15, 0.2) is 0 Å². The average molecular weight is 279 g/mol. The summed E-state index contributed by atoms with van der Waals surface area (Å²) in [6.07, 6.45) is 2.05. The Bertz CT molecular complexity index is 439. The minimum absolute atomic E-state index is 0.0419. The number of aromatic nitrogens is 1. The molecule has 1 saturated heterocycles. The number of rotatable bonds is 4. The van der Waals surface area contributed by atoms with Crippen molar-refractivity contribution in [3.05, 3.63) is 18.3 Å². The van der Waals surface area contributed by atoms with E-state index in [-0.39, 0.29) is 24.7 Å². The van der Waals surface area contributed by atoms with Gasteiger partial charge in [-0.05, 0) is 26.0 Å². The zero-order chi connectivity index (χ0) is 14.5. The van der Waals surface area contributed by atoms with E-state index >= 15 is 0 Å². The minimum Gasteiger partial charge on any atom is -0.375 e. The van der Waals surface area contributed by atoms with E-state index in [0.717, 1.165) is 18.9 Å². The number of carbonyl (C=O) groups is 1. The molecule has 1 aromatic heterocycles. The Morgan fingerprint density at radius 3 is 2.70 bits per heavy atom. The molecule has 1 amide bonds. The van der Waals surface area contributed by atoms with Crippen molar-refractivity contribution in [2.24, 2.45) is 0 Å². The SMILES string of the molecule is COCC(=O)Nc1ccc(N2C[C@H](C)O[C@@H](C)C2)nc1. The molecule has 0 unspecified atom stereocenters. The Hall–Kier alpha value is -1.66. The van der Waals surface area contributed by atoms with Crippen molar-refractivity contribution in [3.8, 4) is 0 Å². The molecule has 20 heavy (non-hydrogen) atoms. The van der Waals surface area contributed by atoms with E-state index in [4.69, 9.17) is 9.47 Å². The summed E-state index contributed by atoms with van der Waals surface area (Å²) in [5, 5.41) is 2.72. The van der Waals surface area contributed by atoms with E-state index in [2.05, 4.69) is 29.0 Å². The molecule has 1 aliphatic rings. The number of amides is 1. The highest BCUT2D eigenvalue weighted by molar-refractivity contribution is 5.91. The highest BCUT2D eigenvalue weighted by Crippen LogP contribution is 2.19. The number of pyridine rings is 1. The van der Waals surface area contributed by atoms with Crippen LogP contribution in [0.4, 0.5) is 11.5 Å². The van der Waals surface area contributed by atoms with Crippen LogP contribution in [0.2, 0.25) is 0 Å². The molecule has 1 aliphatic heterocycles. The lowest BCUT2D eigenvalue weighted by Crippen LogP contribution is -2.45. The van der Waals surface area contributed by atoms with Gasteiger partial charge in [0, 0.05) is 20.2 Å². The second-order valence-corrected chi connectivity index (χ2v) is 5.05. The Morgan fingerprint density at radius 1 is 1.45 bits per heavy atom. The van der Waals surface area contributed by atoms with Crippen LogP contribution in [0.5, 0.6) is 0 Å². The zero-order valence-electron chi connectivity index (χ0n) is 12.1. The normalized spacial score (nSPS) is 22.6. The van der Waals surface area contributed by atoms with Crippen LogP contribution in [-0.4, -0.2) is 49.9 Å². The lowest BCUT2D eigenvalue weighted by atomic mass is 10.2. The predicted molar refractivity (Wildman–Crippen MR) is 77.0 cm³/mol. The summed E-state index contributed by atoms with van der Waals surface area (Å²) in [6, 6.07) is 3.76. The van der Waals surface area contributed by atoms with Crippen LogP contribution < -0.4 is 10.2 Å². The standard InChI is InChI=1S/C14H21N3O3/c1-10-7-17(8-11(2)20-10)13-5-4-12(6-15-13)16-14(18)9-19-3/h4-6,10-11H,7-9H2,1-3H3,(H,16,18)/t10-,11-/m0/s1. The quantitative estimate of drug-likeness (QED) is 0.899. The molecule has 0 aromatic carbocycles. The van der Waals surface area contributed by atoms with Gasteiger partial charge in [-0.25, -0.2) is 4.98 Å². The lowest BCUT2D eigenvalue weighted by Gasteiger charge is -2.36. The van der Waals surface area contributed by atoms with Gasteiger partial charge in [-0.15, -0.1) is 0 Å². The van der Waals surface area contributed by atoms with Gasteiger partial charge >= 0.3 is 0 Å². The number of anilines is 2. The first-order valence-corrected chi connectivity index (χ1v) is 6.73. The number of nitrogens with one attached hydrogen (secondary N) is 1. The van der Waals surface area contributed by atoms with Gasteiger partial charge < -0.3 is 19.7 Å². The number of nitrogens with zero attached hydrogens (tertiary/aromatic N) is 2. The number of ether oxygens (including phenoxy) is 2. The van der Waals surface area contributed by atoms with Crippen LogP contribution in [0.1, 0.15) is 13.8 Å². The highest BCUT2D eigenvalue weighted by Gasteiger charge is 2.22. The maximum absolute atomic E-state index is 11.4. The van der Waals surface area contributed by atoms with Crippen LogP contribution in [-0.2, 0) is 14.3 Å². The number of hydrogen-bond donors (Lipinski definition) is 1. The topological polar surface area (TPSA) is 63.7 Å². The Kier molecular flexibility index (Phi) is 4.92. The first kappa shape index (κ1) is 14.7. The molecule has 0 bridgehead atoms. The Labute approximate surface area is 119 Å². The van der Waals surface area contributed by atoms with Gasteiger partial charge in [-0.3, -0.25) is 4.79 Å². The molecule has 0 radical (unpaired) electrons. The summed E-state index contributed by atoms with van der Waals surface area (Å²) in [4.78, 5) is 18.0. The van der Waals surface area contributed by atoms with Gasteiger partial charge in [-0.1, -0.05) is 0 Å². The molecule has 2 atom stereocenters. The fourth-order valence-corrected chi connectivity index (χ4v) is 2.34. The molecule has 0 spiro atoms. The summed E-state index contributed by atoms with van der Waals surface area (Å²) in [5.41, 5.74) is 0.671. The Balaban J connectivity index is 1.99. The van der Waals surface area contributed by atoms with Crippen LogP contribution in [0, 0.1) is 0 Å². The molecule has 0 aliphatic carbocycles. The van der Waals surface area contributed by atoms with Crippen LogP contribution in [0.15, 0.2) is 18.3 Å². The van der Waals surface area contributed by atoms with Crippen LogP contribution in [0.3, 0.4) is 0 Å². The summed E-state index contributed by atoms with van der Waals surface area (Å²) in [5.74, 6) is 0.715. The molecule has 6 heteroatoms. The molecule has 1 N–H and O–H groups in total. The molecule has 0 saturated carbocycles. The predicted octanol–water partition coefficient (Wildman–Crippen LogP) is 1.28. The van der Waals surface area contributed by atoms with Crippen molar-refractivity contribution in [3.63, 3.8) is 0 Å². The maximum atomic E-state index is 11.4. The molecular weight excluding hydrogens is 258 g/mol. The lowest BCUT2D eigenvalue weighted by molar-refractivity contribution is -0.119. The summed E-state index contributed by atoms with van der Waals surface area (Å²) >= 11 is 0. The minimum atomic E-state index is -0.185. The van der Waals surface area contributed by atoms with Crippen molar-refractivity contribution in [1.29, 1.82) is 0 Å². The van der Waals surface area contributed by atoms with Crippen molar-refractivity contribution >= 4 is 17.4 Å². The number of methoxy groups -OCH3 is 1. The summed E-state index contributed by atoms with van der Waals surface area (Å²) in [6.45, 7) is 5.81. The van der Waals surface area contributed by atoms with E-state index < -0.39 is 0 Å². The van der Waals surface area contributed by atoms with Gasteiger partial charge in [0.25, 0.3) is 0 Å². The monoisotopic (exact) mass is 279 g/mol. The zero-order valence-corrected chi connectivity index (χ0v) is 12.1. The van der Waals surface area contributed by atoms with E-state index in [9.17, 15) is 4.79 Å². The highest BCUT2D eigenvalue weighted by atomic mass is 16.5. The fraction of sp³-hybridized carbons (Fsp3) is 0.571. The molecular formula is C14H21N3O3. The first-order chi connectivity index (χ1) is 9.58. The van der Waals surface area contributed by atoms with Gasteiger partial charge in [0.05, 0.1) is 24.1 Å². The van der Waals surface area contributed by atoms with Crippen molar-refractivity contribution < 1.29 is 14.3 Å². The average Bonchev–Trinajstić information content (AvgIpc) is 2.38. The van der Waals surface area contributed by atoms with Gasteiger partial charge in [0.2, 0.25) is 5.91 Å². The smallest absolute Gasteiger partial charge is 0.250 e. The number of morpholine rings is 1. The van der Waals surface area contributed by atoms with E-state index in [1.807, 2.05) is 12.1 Å². The van der Waals surface area contributed by atoms with E-state index in [1.54, 1.807) is 6.20 Å². The third kappa shape index (κ3) is 3.91. The second kappa shape index (κ2) is 6.67. The molecule has 2 rings (SSSR count). The maximum Gasteiger partial charge on any atom is 0.250 e. The number of carbonyl (C=O) groups excluding carboxylic acids is 1. The van der Waals surface area contributed by atoms with Crippen LogP contribution >= 0.6 is 0 Å². The van der Waals surface area contributed by atoms with Crippen molar-refractivity contribution in [2.45, 2.75) is 26.1 Å². The largest absolute Gasteiger partial charge is 0.375 e. The molecule has 6 nitrogen and oxygen atoms in total. The molecule has 110 valence electrons. The van der Waals surface area contributed by atoms with Gasteiger partial charge in [-0.2, -0.15) is 0 Å². The van der Waals surface area contributed by atoms with E-state index in [0.29, 0.717) is 5.69 Å². The van der Waals surface area contributed by atoms with E-state index in [1.165, 1.54) is 7.11 Å². The van der Waals surface area contributed by atoms with Crippen molar-refractivity contribution in [2.75, 3.05) is 37.0 Å². The second-order valence-electron chi connectivity index (χ2n) is 5.05. The summed E-state index contributed by atoms with van der Waals surface area (Å²) in [7, 11) is 1.49. The van der Waals surface area contributed by atoms with Crippen LogP contribution in [0.25, 0.3) is 0 Å². The third-order valence-electron chi connectivity index (χ3n) is 3.05. The third-order valence-corrected chi connectivity index (χ3v) is 3.05.